The van der Waals surface area contributed by atoms with E-state index in [0.717, 1.165) is 25.3 Å². The number of anilines is 2. The van der Waals surface area contributed by atoms with Crippen molar-refractivity contribution in [2.45, 2.75) is 45.8 Å². The van der Waals surface area contributed by atoms with Crippen LogP contribution in [-0.2, 0) is 9.53 Å². The first-order chi connectivity index (χ1) is 10.1. The van der Waals surface area contributed by atoms with Gasteiger partial charge in [-0.05, 0) is 46.8 Å². The third-order valence-electron chi connectivity index (χ3n) is 3.11. The summed E-state index contributed by atoms with van der Waals surface area (Å²) in [4.78, 5) is 16.1. The molecule has 1 aromatic rings. The van der Waals surface area contributed by atoms with Crippen molar-refractivity contribution in [3.8, 4) is 0 Å². The zero-order valence-corrected chi connectivity index (χ0v) is 14.2. The van der Waals surface area contributed by atoms with Crippen LogP contribution in [0.2, 0.25) is 0 Å². The van der Waals surface area contributed by atoms with Crippen molar-refractivity contribution in [1.29, 1.82) is 0 Å². The van der Waals surface area contributed by atoms with E-state index in [1.807, 2.05) is 39.1 Å². The lowest BCUT2D eigenvalue weighted by atomic mass is 10.0. The number of carbonyl (C=O) groups is 1. The van der Waals surface area contributed by atoms with Crippen molar-refractivity contribution in [2.75, 3.05) is 30.3 Å². The summed E-state index contributed by atoms with van der Waals surface area (Å²) in [6, 6.07) is 3.88. The van der Waals surface area contributed by atoms with Crippen molar-refractivity contribution in [2.24, 2.45) is 0 Å². The van der Waals surface area contributed by atoms with Gasteiger partial charge in [-0.25, -0.2) is 4.98 Å². The first-order valence-electron chi connectivity index (χ1n) is 7.46. The van der Waals surface area contributed by atoms with Gasteiger partial charge in [0.25, 0.3) is 6.47 Å². The Labute approximate surface area is 133 Å². The van der Waals surface area contributed by atoms with E-state index in [1.54, 1.807) is 0 Å². The molecule has 1 aliphatic heterocycles. The Morgan fingerprint density at radius 2 is 2.09 bits per heavy atom. The number of hydrogen-bond acceptors (Lipinski definition) is 6. The number of hydrogen-bond donors (Lipinski definition) is 2. The summed E-state index contributed by atoms with van der Waals surface area (Å²) in [6.45, 7) is 13.4. The second-order valence-corrected chi connectivity index (χ2v) is 7.00. The lowest BCUT2D eigenvalue weighted by Crippen LogP contribution is -2.57. The second kappa shape index (κ2) is 7.45. The van der Waals surface area contributed by atoms with Crippen LogP contribution in [0, 0.1) is 0 Å². The molecule has 1 aromatic heterocycles. The summed E-state index contributed by atoms with van der Waals surface area (Å²) in [7, 11) is 0. The molecule has 0 saturated carbocycles. The number of pyridine rings is 1. The van der Waals surface area contributed by atoms with Crippen LogP contribution in [0.4, 0.5) is 11.5 Å². The molecule has 22 heavy (non-hydrogen) atoms. The summed E-state index contributed by atoms with van der Waals surface area (Å²) in [5.41, 5.74) is 6.57. The minimum absolute atomic E-state index is 0.166. The van der Waals surface area contributed by atoms with E-state index in [0.29, 0.717) is 12.3 Å². The van der Waals surface area contributed by atoms with E-state index in [2.05, 4.69) is 33.8 Å². The topological polar surface area (TPSA) is 80.5 Å². The van der Waals surface area contributed by atoms with Gasteiger partial charge in [0.2, 0.25) is 0 Å². The molecule has 0 amide bonds. The highest BCUT2D eigenvalue weighted by Crippen LogP contribution is 2.19. The molecule has 0 bridgehead atoms. The van der Waals surface area contributed by atoms with E-state index < -0.39 is 0 Å². The molecule has 1 fully saturated rings. The van der Waals surface area contributed by atoms with Crippen LogP contribution in [0.15, 0.2) is 18.3 Å². The fraction of sp³-hybridized carbons (Fsp3) is 0.625. The fourth-order valence-electron chi connectivity index (χ4n) is 2.09. The van der Waals surface area contributed by atoms with E-state index in [-0.39, 0.29) is 11.1 Å². The summed E-state index contributed by atoms with van der Waals surface area (Å²) < 4.78 is 4.55. The molecule has 124 valence electrons. The van der Waals surface area contributed by atoms with E-state index in [1.165, 1.54) is 0 Å². The van der Waals surface area contributed by atoms with Gasteiger partial charge in [-0.15, -0.1) is 0 Å². The van der Waals surface area contributed by atoms with Crippen LogP contribution in [0.3, 0.4) is 0 Å². The zero-order valence-electron chi connectivity index (χ0n) is 14.2. The molecule has 3 N–H and O–H groups in total. The van der Waals surface area contributed by atoms with Crippen molar-refractivity contribution in [1.82, 2.24) is 10.3 Å². The number of rotatable bonds is 2. The lowest BCUT2D eigenvalue weighted by molar-refractivity contribution is -0.138. The third kappa shape index (κ3) is 6.76. The quantitative estimate of drug-likeness (QED) is 0.811. The molecular weight excluding hydrogens is 280 g/mol. The maximum absolute atomic E-state index is 9.60. The highest BCUT2D eigenvalue weighted by Gasteiger charge is 2.25. The first kappa shape index (κ1) is 18.2. The Balaban J connectivity index is 0.000000295. The molecule has 0 aliphatic carbocycles. The third-order valence-corrected chi connectivity index (χ3v) is 3.11. The van der Waals surface area contributed by atoms with Gasteiger partial charge in [0, 0.05) is 25.2 Å². The highest BCUT2D eigenvalue weighted by molar-refractivity contribution is 5.48. The highest BCUT2D eigenvalue weighted by atomic mass is 16.5. The minimum Gasteiger partial charge on any atom is -0.462 e. The van der Waals surface area contributed by atoms with Crippen molar-refractivity contribution in [3.05, 3.63) is 18.3 Å². The van der Waals surface area contributed by atoms with Gasteiger partial charge in [-0.3, -0.25) is 4.79 Å². The van der Waals surface area contributed by atoms with Crippen LogP contribution in [-0.4, -0.2) is 42.2 Å². The van der Waals surface area contributed by atoms with Crippen molar-refractivity contribution < 1.29 is 9.53 Å². The average molecular weight is 308 g/mol. The summed E-state index contributed by atoms with van der Waals surface area (Å²) in [6.07, 6.45) is 1.84. The smallest absolute Gasteiger partial charge is 0.293 e. The van der Waals surface area contributed by atoms with Gasteiger partial charge < -0.3 is 20.7 Å². The summed E-state index contributed by atoms with van der Waals surface area (Å²) in [5, 5.41) is 3.48. The summed E-state index contributed by atoms with van der Waals surface area (Å²) >= 11 is 0. The minimum atomic E-state index is -0.318. The molecule has 0 aromatic carbocycles. The Kier molecular flexibility index (Phi) is 6.17. The number of ether oxygens (including phenoxy) is 1. The van der Waals surface area contributed by atoms with Gasteiger partial charge in [0.15, 0.2) is 0 Å². The lowest BCUT2D eigenvalue weighted by Gasteiger charge is -2.40. The maximum Gasteiger partial charge on any atom is 0.293 e. The Morgan fingerprint density at radius 3 is 2.50 bits per heavy atom. The van der Waals surface area contributed by atoms with Gasteiger partial charge >= 0.3 is 0 Å². The predicted molar refractivity (Wildman–Crippen MR) is 89.8 cm³/mol. The van der Waals surface area contributed by atoms with E-state index in [9.17, 15) is 4.79 Å². The number of nitrogens with two attached hydrogens (primary N) is 1. The molecule has 2 heterocycles. The van der Waals surface area contributed by atoms with Crippen LogP contribution in [0.5, 0.6) is 0 Å². The van der Waals surface area contributed by atoms with Gasteiger partial charge in [0.05, 0.1) is 11.9 Å². The average Bonchev–Trinajstić information content (AvgIpc) is 2.37. The number of nitrogens with zero attached hydrogens (tertiary/aromatic N) is 2. The molecule has 1 saturated heterocycles. The van der Waals surface area contributed by atoms with Gasteiger partial charge in [-0.1, -0.05) is 0 Å². The van der Waals surface area contributed by atoms with Crippen LogP contribution in [0.25, 0.3) is 0 Å². The molecule has 2 rings (SSSR count). The molecular formula is C16H28N4O2. The molecule has 0 radical (unpaired) electrons. The van der Waals surface area contributed by atoms with Gasteiger partial charge in [0.1, 0.15) is 11.4 Å². The second-order valence-electron chi connectivity index (χ2n) is 7.00. The first-order valence-corrected chi connectivity index (χ1v) is 7.46. The number of nitrogens with one attached hydrogen (secondary N) is 1. The Hall–Kier alpha value is -1.82. The largest absolute Gasteiger partial charge is 0.462 e. The number of nitrogen functional groups attached to an aromatic ring is 1. The Morgan fingerprint density at radius 1 is 1.41 bits per heavy atom. The molecule has 6 nitrogen and oxygen atoms in total. The molecule has 6 heteroatoms. The summed E-state index contributed by atoms with van der Waals surface area (Å²) in [5.74, 6) is 0.577. The molecule has 0 atom stereocenters. The van der Waals surface area contributed by atoms with Crippen LogP contribution < -0.4 is 16.0 Å². The number of piperazine rings is 1. The predicted octanol–water partition coefficient (Wildman–Crippen LogP) is 1.81. The Bertz CT molecular complexity index is 466. The van der Waals surface area contributed by atoms with Crippen molar-refractivity contribution >= 4 is 18.0 Å². The maximum atomic E-state index is 9.60. The molecule has 0 spiro atoms. The molecule has 1 aliphatic rings. The zero-order chi connectivity index (χ0) is 16.8. The monoisotopic (exact) mass is 308 g/mol. The van der Waals surface area contributed by atoms with Crippen LogP contribution in [0.1, 0.15) is 34.6 Å². The standard InChI is InChI=1S/C11H18N4.C5H10O2/c1-11(2)8-15(6-5-14-11)9-3-4-10(12)13-7-9;1-5(2,3)7-4-6/h3-4,7,14H,5-6,8H2,1-2H3,(H2,12,13);4H,1-3H3. The van der Waals surface area contributed by atoms with Gasteiger partial charge in [-0.2, -0.15) is 0 Å². The van der Waals surface area contributed by atoms with E-state index in [4.69, 9.17) is 5.73 Å². The fourth-order valence-corrected chi connectivity index (χ4v) is 2.09. The number of aromatic nitrogens is 1. The van der Waals surface area contributed by atoms with Crippen LogP contribution >= 0.6 is 0 Å². The SMILES string of the molecule is CC(C)(C)OC=O.CC1(C)CN(c2ccc(N)nc2)CCN1. The van der Waals surface area contributed by atoms with Crippen molar-refractivity contribution in [3.63, 3.8) is 0 Å². The molecule has 0 unspecified atom stereocenters. The number of carbonyl (C=O) groups excluding carboxylic acids is 1. The van der Waals surface area contributed by atoms with E-state index >= 15 is 0 Å². The normalized spacial score (nSPS) is 17.2.